The number of carbonyl (C=O) groups is 3. The summed E-state index contributed by atoms with van der Waals surface area (Å²) in [5, 5.41) is 11.1. The second-order valence-electron chi connectivity index (χ2n) is 9.03. The lowest BCUT2D eigenvalue weighted by Crippen LogP contribution is -2.68. The molecule has 8 atom stereocenters. The lowest BCUT2D eigenvalue weighted by molar-refractivity contribution is -0.241. The first kappa shape index (κ1) is 21.3. The summed E-state index contributed by atoms with van der Waals surface area (Å²) < 4.78 is 28.9. The van der Waals surface area contributed by atoms with Crippen LogP contribution < -0.4 is 0 Å². The molecule has 2 aliphatic carbocycles. The summed E-state index contributed by atoms with van der Waals surface area (Å²) in [5.74, 6) is -1.45. The van der Waals surface area contributed by atoms with Crippen LogP contribution in [-0.2, 0) is 38.1 Å². The predicted molar refractivity (Wildman–Crippen MR) is 100 cm³/mol. The summed E-state index contributed by atoms with van der Waals surface area (Å²) in [7, 11) is 0. The highest BCUT2D eigenvalue weighted by Gasteiger charge is 2.86. The van der Waals surface area contributed by atoms with Crippen molar-refractivity contribution in [3.05, 3.63) is 11.6 Å². The first-order valence-corrected chi connectivity index (χ1v) is 10.1. The van der Waals surface area contributed by atoms with E-state index in [2.05, 4.69) is 0 Å². The molecule has 0 aromatic carbocycles. The van der Waals surface area contributed by atoms with Gasteiger partial charge in [0.25, 0.3) is 0 Å². The average Bonchev–Trinajstić information content (AvgIpc) is 3.42. The van der Waals surface area contributed by atoms with Gasteiger partial charge in [-0.2, -0.15) is 0 Å². The molecule has 30 heavy (non-hydrogen) atoms. The minimum Gasteiger partial charge on any atom is -0.465 e. The van der Waals surface area contributed by atoms with Crippen molar-refractivity contribution in [1.29, 1.82) is 0 Å². The SMILES string of the molecule is CC(=O)OC[C@]12C[C@H](OC(C)=O)C(C)=C[C@H]1O[C@@H]1[C@H](O)[C@@H](OC(C)=O)[C@@]2(C)[C@]12CO2. The third kappa shape index (κ3) is 2.68. The maximum Gasteiger partial charge on any atom is 0.303 e. The molecule has 0 aromatic rings. The predicted octanol–water partition coefficient (Wildman–Crippen LogP) is 0.667. The standard InChI is InChI=1S/C21H28O9/c1-10-6-15-20(8-26-11(2)22,7-14(10)28-12(3)23)19(5)17(29-13(4)24)16(25)18(30-15)21(19)9-27-21/h6,14-18,25H,7-9H2,1-5H3/t14-,15+,16+,17+,18+,19+,20+,21-/m0/s1. The Morgan fingerprint density at radius 2 is 1.80 bits per heavy atom. The van der Waals surface area contributed by atoms with Crippen molar-refractivity contribution < 1.29 is 43.2 Å². The number of hydrogen-bond donors (Lipinski definition) is 1. The van der Waals surface area contributed by atoms with E-state index in [-0.39, 0.29) is 13.0 Å². The van der Waals surface area contributed by atoms with Crippen LogP contribution in [0.5, 0.6) is 0 Å². The molecule has 3 fully saturated rings. The van der Waals surface area contributed by atoms with Gasteiger partial charge in [0.1, 0.15) is 36.6 Å². The van der Waals surface area contributed by atoms with E-state index < -0.39 is 64.9 Å². The number of aliphatic hydroxyl groups excluding tert-OH is 1. The number of epoxide rings is 1. The van der Waals surface area contributed by atoms with Crippen molar-refractivity contribution in [2.45, 2.75) is 77.2 Å². The molecule has 2 bridgehead atoms. The fourth-order valence-corrected chi connectivity index (χ4v) is 5.92. The molecule has 166 valence electrons. The van der Waals surface area contributed by atoms with Crippen LogP contribution in [0.15, 0.2) is 11.6 Å². The Hall–Kier alpha value is -1.97. The fraction of sp³-hybridized carbons (Fsp3) is 0.762. The van der Waals surface area contributed by atoms with Crippen LogP contribution >= 0.6 is 0 Å². The zero-order valence-electron chi connectivity index (χ0n) is 17.8. The lowest BCUT2D eigenvalue weighted by Gasteiger charge is -2.58. The number of rotatable bonds is 4. The normalized spacial score (nSPS) is 45.9. The van der Waals surface area contributed by atoms with Gasteiger partial charge in [-0.1, -0.05) is 13.0 Å². The first-order chi connectivity index (χ1) is 14.0. The molecule has 2 heterocycles. The second kappa shape index (κ2) is 6.77. The van der Waals surface area contributed by atoms with E-state index in [1.165, 1.54) is 20.8 Å². The Morgan fingerprint density at radius 1 is 1.17 bits per heavy atom. The molecule has 1 spiro atoms. The fourth-order valence-electron chi connectivity index (χ4n) is 5.92. The molecular weight excluding hydrogens is 396 g/mol. The Kier molecular flexibility index (Phi) is 4.80. The molecular formula is C21H28O9. The van der Waals surface area contributed by atoms with Crippen molar-refractivity contribution in [1.82, 2.24) is 0 Å². The Balaban J connectivity index is 1.87. The van der Waals surface area contributed by atoms with Crippen LogP contribution in [0, 0.1) is 10.8 Å². The molecule has 2 aliphatic heterocycles. The number of carbonyl (C=O) groups excluding carboxylic acids is 3. The van der Waals surface area contributed by atoms with Gasteiger partial charge in [0.2, 0.25) is 0 Å². The highest BCUT2D eigenvalue weighted by Crippen LogP contribution is 2.72. The summed E-state index contributed by atoms with van der Waals surface area (Å²) in [6, 6.07) is 0. The van der Waals surface area contributed by atoms with Gasteiger partial charge in [-0.05, 0) is 12.5 Å². The van der Waals surface area contributed by atoms with Gasteiger partial charge in [-0.25, -0.2) is 0 Å². The molecule has 1 saturated carbocycles. The molecule has 0 aromatic heterocycles. The maximum absolute atomic E-state index is 11.9. The molecule has 0 radical (unpaired) electrons. The van der Waals surface area contributed by atoms with Gasteiger partial charge >= 0.3 is 17.9 Å². The number of aliphatic hydroxyl groups is 1. The Morgan fingerprint density at radius 3 is 2.33 bits per heavy atom. The third-order valence-electron chi connectivity index (χ3n) is 7.46. The third-order valence-corrected chi connectivity index (χ3v) is 7.46. The van der Waals surface area contributed by atoms with E-state index >= 15 is 0 Å². The van der Waals surface area contributed by atoms with E-state index in [1.807, 2.05) is 19.9 Å². The molecule has 0 amide bonds. The zero-order valence-corrected chi connectivity index (χ0v) is 17.8. The highest BCUT2D eigenvalue weighted by atomic mass is 16.7. The Labute approximate surface area is 174 Å². The largest absolute Gasteiger partial charge is 0.465 e. The molecule has 1 N–H and O–H groups in total. The zero-order chi connectivity index (χ0) is 22.1. The smallest absolute Gasteiger partial charge is 0.303 e. The lowest BCUT2D eigenvalue weighted by atomic mass is 9.51. The first-order valence-electron chi connectivity index (χ1n) is 10.1. The summed E-state index contributed by atoms with van der Waals surface area (Å²) in [6.07, 6.45) is -1.75. The molecule has 2 saturated heterocycles. The summed E-state index contributed by atoms with van der Waals surface area (Å²) in [4.78, 5) is 35.4. The van der Waals surface area contributed by atoms with Crippen molar-refractivity contribution in [3.63, 3.8) is 0 Å². The van der Waals surface area contributed by atoms with Crippen molar-refractivity contribution in [2.24, 2.45) is 10.8 Å². The number of fused-ring (bicyclic) bond motifs is 2. The summed E-state index contributed by atoms with van der Waals surface area (Å²) >= 11 is 0. The van der Waals surface area contributed by atoms with Crippen LogP contribution in [0.2, 0.25) is 0 Å². The molecule has 9 heteroatoms. The Bertz CT molecular complexity index is 815. The second-order valence-corrected chi connectivity index (χ2v) is 9.03. The van der Waals surface area contributed by atoms with Crippen LogP contribution in [0.3, 0.4) is 0 Å². The van der Waals surface area contributed by atoms with Crippen LogP contribution in [0.4, 0.5) is 0 Å². The van der Waals surface area contributed by atoms with E-state index in [0.717, 1.165) is 5.57 Å². The van der Waals surface area contributed by atoms with E-state index in [0.29, 0.717) is 6.61 Å². The molecule has 4 rings (SSSR count). The van der Waals surface area contributed by atoms with Gasteiger partial charge in [-0.15, -0.1) is 0 Å². The highest BCUT2D eigenvalue weighted by molar-refractivity contribution is 5.67. The van der Waals surface area contributed by atoms with Crippen LogP contribution in [-0.4, -0.2) is 72.3 Å². The van der Waals surface area contributed by atoms with E-state index in [4.69, 9.17) is 23.7 Å². The van der Waals surface area contributed by atoms with Crippen LogP contribution in [0.1, 0.15) is 41.0 Å². The number of hydrogen-bond acceptors (Lipinski definition) is 9. The molecule has 0 unspecified atom stereocenters. The quantitative estimate of drug-likeness (QED) is 0.300. The van der Waals surface area contributed by atoms with Gasteiger partial charge in [0.15, 0.2) is 0 Å². The van der Waals surface area contributed by atoms with Gasteiger partial charge in [0, 0.05) is 27.2 Å². The number of esters is 3. The topological polar surface area (TPSA) is 121 Å². The van der Waals surface area contributed by atoms with Gasteiger partial charge < -0.3 is 28.8 Å². The van der Waals surface area contributed by atoms with Crippen molar-refractivity contribution in [2.75, 3.05) is 13.2 Å². The summed E-state index contributed by atoms with van der Waals surface area (Å²) in [5.41, 5.74) is -1.99. The molecule has 4 aliphatic rings. The maximum atomic E-state index is 11.9. The van der Waals surface area contributed by atoms with Gasteiger partial charge in [0.05, 0.1) is 23.5 Å². The van der Waals surface area contributed by atoms with Gasteiger partial charge in [-0.3, -0.25) is 14.4 Å². The molecule has 9 nitrogen and oxygen atoms in total. The monoisotopic (exact) mass is 424 g/mol. The van der Waals surface area contributed by atoms with Crippen molar-refractivity contribution >= 4 is 17.9 Å². The average molecular weight is 424 g/mol. The summed E-state index contributed by atoms with van der Waals surface area (Å²) in [6.45, 7) is 7.91. The van der Waals surface area contributed by atoms with E-state index in [9.17, 15) is 19.5 Å². The van der Waals surface area contributed by atoms with Crippen LogP contribution in [0.25, 0.3) is 0 Å². The number of ether oxygens (including phenoxy) is 5. The minimum atomic E-state index is -1.11. The van der Waals surface area contributed by atoms with Crippen molar-refractivity contribution in [3.8, 4) is 0 Å². The van der Waals surface area contributed by atoms with E-state index in [1.54, 1.807) is 0 Å². The minimum absolute atomic E-state index is 0.0621.